The molecule has 0 saturated heterocycles. The van der Waals surface area contributed by atoms with Crippen LogP contribution >= 0.6 is 0 Å². The Morgan fingerprint density at radius 2 is 1.70 bits per heavy atom. The van der Waals surface area contributed by atoms with Crippen LogP contribution < -0.4 is 5.56 Å². The van der Waals surface area contributed by atoms with Crippen LogP contribution in [-0.2, 0) is 17.8 Å². The molecule has 1 N–H and O–H groups in total. The number of carbonyl (C=O) groups excluding carboxylic acids is 1. The van der Waals surface area contributed by atoms with Crippen LogP contribution in [-0.4, -0.2) is 27.6 Å². The van der Waals surface area contributed by atoms with Crippen LogP contribution in [0.3, 0.4) is 0 Å². The molecular weight excluding hydrogens is 378 g/mol. The Hall–Kier alpha value is -3.41. The zero-order chi connectivity index (χ0) is 20.2. The third-order valence-corrected chi connectivity index (χ3v) is 6.37. The molecule has 0 bridgehead atoms. The van der Waals surface area contributed by atoms with Gasteiger partial charge >= 0.3 is 6.09 Å². The molecule has 2 aliphatic carbocycles. The average molecular weight is 399 g/mol. The summed E-state index contributed by atoms with van der Waals surface area (Å²) in [5, 5.41) is 0. The molecule has 1 aromatic heterocycles. The molecule has 1 saturated carbocycles. The van der Waals surface area contributed by atoms with Crippen LogP contribution in [0.2, 0.25) is 0 Å². The van der Waals surface area contributed by atoms with Crippen molar-refractivity contribution in [3.8, 4) is 11.1 Å². The predicted octanol–water partition coefficient (Wildman–Crippen LogP) is 3.91. The number of hydrogen-bond donors (Lipinski definition) is 1. The van der Waals surface area contributed by atoms with E-state index in [-0.39, 0.29) is 24.6 Å². The van der Waals surface area contributed by atoms with Crippen molar-refractivity contribution in [2.45, 2.75) is 37.8 Å². The topological polar surface area (TPSA) is 75.3 Å². The summed E-state index contributed by atoms with van der Waals surface area (Å²) >= 11 is 0. The van der Waals surface area contributed by atoms with E-state index in [9.17, 15) is 9.59 Å². The Labute approximate surface area is 173 Å². The summed E-state index contributed by atoms with van der Waals surface area (Å²) in [7, 11) is 0. The number of fused-ring (bicyclic) bond motifs is 4. The first-order valence-electron chi connectivity index (χ1n) is 10.4. The number of hydrogen-bond acceptors (Lipinski definition) is 4. The first kappa shape index (κ1) is 17.4. The highest BCUT2D eigenvalue weighted by Crippen LogP contribution is 2.44. The minimum absolute atomic E-state index is 0.0225. The van der Waals surface area contributed by atoms with Crippen LogP contribution in [0.15, 0.2) is 53.3 Å². The summed E-state index contributed by atoms with van der Waals surface area (Å²) in [5.74, 6) is 1.15. The van der Waals surface area contributed by atoms with Crippen molar-refractivity contribution in [2.75, 3.05) is 6.61 Å². The van der Waals surface area contributed by atoms with E-state index >= 15 is 0 Å². The second-order valence-corrected chi connectivity index (χ2v) is 8.31. The van der Waals surface area contributed by atoms with E-state index in [0.717, 1.165) is 18.7 Å². The number of ether oxygens (including phenoxy) is 1. The number of carbonyl (C=O) groups is 1. The number of nitrogens with zero attached hydrogens (tertiary/aromatic N) is 2. The molecule has 30 heavy (non-hydrogen) atoms. The summed E-state index contributed by atoms with van der Waals surface area (Å²) in [6.45, 7) is 0.853. The lowest BCUT2D eigenvalue weighted by Crippen LogP contribution is -2.28. The van der Waals surface area contributed by atoms with Crippen molar-refractivity contribution in [1.82, 2.24) is 14.9 Å². The summed E-state index contributed by atoms with van der Waals surface area (Å²) in [5.41, 5.74) is 5.92. The third kappa shape index (κ3) is 2.75. The molecule has 6 rings (SSSR count). The van der Waals surface area contributed by atoms with Gasteiger partial charge in [-0.1, -0.05) is 48.5 Å². The highest BCUT2D eigenvalue weighted by atomic mass is 16.6. The zero-order valence-electron chi connectivity index (χ0n) is 16.4. The lowest BCUT2D eigenvalue weighted by molar-refractivity contribution is 0.0988. The Balaban J connectivity index is 1.19. The minimum atomic E-state index is -0.401. The van der Waals surface area contributed by atoms with Crippen molar-refractivity contribution >= 4 is 6.09 Å². The van der Waals surface area contributed by atoms with Gasteiger partial charge in [-0.25, -0.2) is 9.78 Å². The fourth-order valence-corrected chi connectivity index (χ4v) is 4.65. The maximum atomic E-state index is 12.8. The zero-order valence-corrected chi connectivity index (χ0v) is 16.4. The van der Waals surface area contributed by atoms with Gasteiger partial charge in [0.05, 0.1) is 24.3 Å². The first-order chi connectivity index (χ1) is 14.7. The third-order valence-electron chi connectivity index (χ3n) is 6.37. The number of aromatic nitrogens is 2. The number of H-pyrrole nitrogens is 1. The molecule has 6 nitrogen and oxygen atoms in total. The van der Waals surface area contributed by atoms with Crippen LogP contribution in [0.25, 0.3) is 11.1 Å². The molecule has 0 atom stereocenters. The smallest absolute Gasteiger partial charge is 0.410 e. The normalized spacial score (nSPS) is 16.9. The molecule has 2 heterocycles. The fourth-order valence-electron chi connectivity index (χ4n) is 4.65. The first-order valence-corrected chi connectivity index (χ1v) is 10.4. The van der Waals surface area contributed by atoms with Gasteiger partial charge in [-0.15, -0.1) is 0 Å². The molecule has 2 aromatic carbocycles. The molecule has 1 amide bonds. The molecule has 3 aliphatic rings. The lowest BCUT2D eigenvalue weighted by atomic mass is 9.98. The van der Waals surface area contributed by atoms with E-state index in [2.05, 4.69) is 34.2 Å². The fraction of sp³-hybridized carbons (Fsp3) is 0.292. The number of aromatic amines is 1. The molecule has 1 fully saturated rings. The van der Waals surface area contributed by atoms with Crippen LogP contribution in [0.4, 0.5) is 4.79 Å². The van der Waals surface area contributed by atoms with Gasteiger partial charge in [0.25, 0.3) is 5.56 Å². The molecule has 3 aromatic rings. The quantitative estimate of drug-likeness (QED) is 0.725. The maximum absolute atomic E-state index is 12.8. The van der Waals surface area contributed by atoms with Crippen molar-refractivity contribution in [3.63, 3.8) is 0 Å². The monoisotopic (exact) mass is 399 g/mol. The number of nitrogens with one attached hydrogen (secondary N) is 1. The van der Waals surface area contributed by atoms with Gasteiger partial charge in [-0.05, 0) is 35.1 Å². The summed E-state index contributed by atoms with van der Waals surface area (Å²) in [4.78, 5) is 34.2. The Kier molecular flexibility index (Phi) is 3.81. The highest BCUT2D eigenvalue weighted by molar-refractivity contribution is 5.79. The van der Waals surface area contributed by atoms with Crippen molar-refractivity contribution < 1.29 is 9.53 Å². The average Bonchev–Trinajstić information content (AvgIpc) is 3.45. The number of benzene rings is 2. The van der Waals surface area contributed by atoms with Gasteiger partial charge in [0, 0.05) is 11.8 Å². The SMILES string of the molecule is O=C(OCC1c2ccccc2-c2ccccc21)N1Cc2nc(C3CC3)[nH]c(=O)c2C1. The molecular formula is C24H21N3O3. The predicted molar refractivity (Wildman–Crippen MR) is 111 cm³/mol. The van der Waals surface area contributed by atoms with E-state index in [0.29, 0.717) is 23.7 Å². The van der Waals surface area contributed by atoms with Gasteiger partial charge in [0.1, 0.15) is 12.4 Å². The van der Waals surface area contributed by atoms with Gasteiger partial charge in [-0.2, -0.15) is 0 Å². The number of rotatable bonds is 3. The summed E-state index contributed by atoms with van der Waals surface area (Å²) in [6.07, 6.45) is 1.73. The van der Waals surface area contributed by atoms with Crippen molar-refractivity contribution in [3.05, 3.63) is 87.1 Å². The lowest BCUT2D eigenvalue weighted by Gasteiger charge is -2.18. The Bertz CT molecular complexity index is 1180. The van der Waals surface area contributed by atoms with Crippen molar-refractivity contribution in [1.29, 1.82) is 0 Å². The molecule has 6 heteroatoms. The molecule has 1 aliphatic heterocycles. The number of amides is 1. The van der Waals surface area contributed by atoms with Gasteiger partial charge < -0.3 is 9.72 Å². The largest absolute Gasteiger partial charge is 0.448 e. The molecule has 150 valence electrons. The minimum Gasteiger partial charge on any atom is -0.448 e. The van der Waals surface area contributed by atoms with E-state index in [1.807, 2.05) is 24.3 Å². The second-order valence-electron chi connectivity index (χ2n) is 8.31. The van der Waals surface area contributed by atoms with Gasteiger partial charge in [0.15, 0.2) is 0 Å². The summed E-state index contributed by atoms with van der Waals surface area (Å²) < 4.78 is 5.73. The maximum Gasteiger partial charge on any atom is 0.410 e. The van der Waals surface area contributed by atoms with E-state index in [1.54, 1.807) is 4.90 Å². The van der Waals surface area contributed by atoms with Gasteiger partial charge in [-0.3, -0.25) is 9.69 Å². The van der Waals surface area contributed by atoms with Crippen LogP contribution in [0.5, 0.6) is 0 Å². The van der Waals surface area contributed by atoms with Crippen molar-refractivity contribution in [2.24, 2.45) is 0 Å². The van der Waals surface area contributed by atoms with Crippen LogP contribution in [0.1, 0.15) is 52.9 Å². The Morgan fingerprint density at radius 1 is 1.03 bits per heavy atom. The molecule has 0 radical (unpaired) electrons. The Morgan fingerprint density at radius 3 is 2.37 bits per heavy atom. The van der Waals surface area contributed by atoms with E-state index < -0.39 is 6.09 Å². The van der Waals surface area contributed by atoms with E-state index in [1.165, 1.54) is 22.3 Å². The van der Waals surface area contributed by atoms with Crippen LogP contribution in [0, 0.1) is 0 Å². The van der Waals surface area contributed by atoms with Gasteiger partial charge in [0.2, 0.25) is 0 Å². The molecule has 0 unspecified atom stereocenters. The van der Waals surface area contributed by atoms with E-state index in [4.69, 9.17) is 4.74 Å². The second kappa shape index (κ2) is 6.55. The molecule has 0 spiro atoms. The highest BCUT2D eigenvalue weighted by Gasteiger charge is 2.34. The standard InChI is InChI=1S/C24H21N3O3/c28-23-19-11-27(12-21(19)25-22(26-23)14-9-10-14)24(29)30-13-20-17-7-3-1-5-15(17)16-6-2-4-8-18(16)20/h1-8,14,20H,9-13H2,(H,25,26,28). The summed E-state index contributed by atoms with van der Waals surface area (Å²) in [6, 6.07) is 16.5.